The average Bonchev–Trinajstić information content (AvgIpc) is 3.22. The molecule has 0 aliphatic carbocycles. The van der Waals surface area contributed by atoms with Crippen molar-refractivity contribution in [2.45, 2.75) is 32.7 Å². The fraction of sp³-hybridized carbons (Fsp3) is 0.333. The summed E-state index contributed by atoms with van der Waals surface area (Å²) < 4.78 is 4.21. The highest BCUT2D eigenvalue weighted by Crippen LogP contribution is 2.25. The number of nitrogens with one attached hydrogen (secondary N) is 1. The fourth-order valence-electron chi connectivity index (χ4n) is 4.09. The van der Waals surface area contributed by atoms with E-state index in [2.05, 4.69) is 52.7 Å². The Hall–Kier alpha value is -3.08. The van der Waals surface area contributed by atoms with Crippen LogP contribution in [0.1, 0.15) is 37.7 Å². The Labute approximate surface area is 171 Å². The van der Waals surface area contributed by atoms with E-state index in [0.717, 1.165) is 23.3 Å². The highest BCUT2D eigenvalue weighted by atomic mass is 16.1. The standard InChI is InChI=1S/C24H28N4O/c1-16(2)23(24-25-19-10-6-8-12-21(19)28(24)4)26-22(29)14-13-17-15-27(3)20-11-7-5-9-18(17)20/h5-12,15-16,23H,13-14H2,1-4H3,(H,26,29)/t23-/m0/s1. The van der Waals surface area contributed by atoms with Gasteiger partial charge >= 0.3 is 0 Å². The van der Waals surface area contributed by atoms with E-state index in [1.807, 2.05) is 44.4 Å². The number of benzene rings is 2. The van der Waals surface area contributed by atoms with E-state index < -0.39 is 0 Å². The van der Waals surface area contributed by atoms with Crippen LogP contribution in [0.3, 0.4) is 0 Å². The van der Waals surface area contributed by atoms with Crippen LogP contribution in [0.5, 0.6) is 0 Å². The minimum Gasteiger partial charge on any atom is -0.350 e. The van der Waals surface area contributed by atoms with E-state index >= 15 is 0 Å². The molecule has 0 aliphatic rings. The van der Waals surface area contributed by atoms with E-state index in [1.165, 1.54) is 16.5 Å². The quantitative estimate of drug-likeness (QED) is 0.528. The zero-order valence-corrected chi connectivity index (χ0v) is 17.5. The molecule has 1 N–H and O–H groups in total. The molecule has 0 fully saturated rings. The summed E-state index contributed by atoms with van der Waals surface area (Å²) in [5.41, 5.74) is 4.45. The topological polar surface area (TPSA) is 51.9 Å². The van der Waals surface area contributed by atoms with E-state index in [9.17, 15) is 4.79 Å². The van der Waals surface area contributed by atoms with Crippen LogP contribution in [0, 0.1) is 5.92 Å². The predicted octanol–water partition coefficient (Wildman–Crippen LogP) is 4.51. The van der Waals surface area contributed by atoms with Crippen LogP contribution in [0.15, 0.2) is 54.7 Å². The molecule has 29 heavy (non-hydrogen) atoms. The second kappa shape index (κ2) is 7.74. The largest absolute Gasteiger partial charge is 0.350 e. The van der Waals surface area contributed by atoms with Crippen molar-refractivity contribution in [3.63, 3.8) is 0 Å². The summed E-state index contributed by atoms with van der Waals surface area (Å²) in [6.07, 6.45) is 3.31. The molecule has 0 saturated heterocycles. The number of hydrogen-bond donors (Lipinski definition) is 1. The number of nitrogens with zero attached hydrogens (tertiary/aromatic N) is 3. The summed E-state index contributed by atoms with van der Waals surface area (Å²) in [5, 5.41) is 4.45. The summed E-state index contributed by atoms with van der Waals surface area (Å²) in [6, 6.07) is 16.3. The van der Waals surface area contributed by atoms with Gasteiger partial charge in [0, 0.05) is 37.6 Å². The summed E-state index contributed by atoms with van der Waals surface area (Å²) in [5.74, 6) is 1.20. The molecule has 4 aromatic rings. The van der Waals surface area contributed by atoms with Crippen LogP contribution in [0.2, 0.25) is 0 Å². The van der Waals surface area contributed by atoms with Crippen molar-refractivity contribution in [2.24, 2.45) is 20.0 Å². The highest BCUT2D eigenvalue weighted by Gasteiger charge is 2.24. The highest BCUT2D eigenvalue weighted by molar-refractivity contribution is 5.85. The summed E-state index contributed by atoms with van der Waals surface area (Å²) >= 11 is 0. The SMILES string of the molecule is CC(C)[C@H](NC(=O)CCc1cn(C)c2ccccc12)c1nc2ccccc2n1C. The van der Waals surface area contributed by atoms with Crippen molar-refractivity contribution in [2.75, 3.05) is 0 Å². The van der Waals surface area contributed by atoms with Gasteiger partial charge < -0.3 is 14.5 Å². The number of carbonyl (C=O) groups is 1. The Kier molecular flexibility index (Phi) is 5.14. The number of imidazole rings is 1. The molecular weight excluding hydrogens is 360 g/mol. The van der Waals surface area contributed by atoms with E-state index in [4.69, 9.17) is 4.98 Å². The van der Waals surface area contributed by atoms with Crippen molar-refractivity contribution in [3.05, 3.63) is 66.1 Å². The van der Waals surface area contributed by atoms with Gasteiger partial charge in [0.25, 0.3) is 0 Å². The molecule has 0 spiro atoms. The number of rotatable bonds is 6. The minimum absolute atomic E-state index is 0.0590. The van der Waals surface area contributed by atoms with Crippen LogP contribution in [0.25, 0.3) is 21.9 Å². The second-order valence-electron chi connectivity index (χ2n) is 8.09. The normalized spacial score (nSPS) is 12.7. The Morgan fingerprint density at radius 3 is 2.45 bits per heavy atom. The van der Waals surface area contributed by atoms with Gasteiger partial charge in [0.2, 0.25) is 5.91 Å². The number of carbonyl (C=O) groups excluding carboxylic acids is 1. The van der Waals surface area contributed by atoms with Crippen LogP contribution < -0.4 is 5.32 Å². The Morgan fingerprint density at radius 2 is 1.72 bits per heavy atom. The van der Waals surface area contributed by atoms with Gasteiger partial charge in [-0.15, -0.1) is 0 Å². The van der Waals surface area contributed by atoms with Gasteiger partial charge in [-0.25, -0.2) is 4.98 Å². The third-order valence-corrected chi connectivity index (χ3v) is 5.68. The fourth-order valence-corrected chi connectivity index (χ4v) is 4.09. The molecule has 5 nitrogen and oxygen atoms in total. The van der Waals surface area contributed by atoms with Gasteiger partial charge in [0.05, 0.1) is 17.1 Å². The molecule has 1 atom stereocenters. The summed E-state index contributed by atoms with van der Waals surface area (Å²) in [6.45, 7) is 4.24. The molecule has 0 bridgehead atoms. The molecule has 150 valence electrons. The van der Waals surface area contributed by atoms with Crippen molar-refractivity contribution in [3.8, 4) is 0 Å². The average molecular weight is 389 g/mol. The van der Waals surface area contributed by atoms with Crippen molar-refractivity contribution >= 4 is 27.8 Å². The first-order valence-electron chi connectivity index (χ1n) is 10.2. The van der Waals surface area contributed by atoms with Gasteiger partial charge in [-0.2, -0.15) is 0 Å². The third-order valence-electron chi connectivity index (χ3n) is 5.68. The Balaban J connectivity index is 1.51. The number of amides is 1. The molecular formula is C24H28N4O. The molecule has 4 rings (SSSR count). The van der Waals surface area contributed by atoms with Crippen molar-refractivity contribution in [1.29, 1.82) is 0 Å². The van der Waals surface area contributed by atoms with Crippen molar-refractivity contribution < 1.29 is 4.79 Å². The maximum absolute atomic E-state index is 12.8. The molecule has 0 saturated carbocycles. The number of para-hydroxylation sites is 3. The molecule has 2 heterocycles. The number of aryl methyl sites for hydroxylation is 3. The van der Waals surface area contributed by atoms with E-state index in [-0.39, 0.29) is 17.9 Å². The first-order valence-corrected chi connectivity index (χ1v) is 10.2. The molecule has 0 radical (unpaired) electrons. The zero-order chi connectivity index (χ0) is 20.5. The molecule has 2 aromatic carbocycles. The molecule has 5 heteroatoms. The monoisotopic (exact) mass is 388 g/mol. The van der Waals surface area contributed by atoms with Gasteiger partial charge in [-0.3, -0.25) is 4.79 Å². The molecule has 0 unspecified atom stereocenters. The Morgan fingerprint density at radius 1 is 1.03 bits per heavy atom. The second-order valence-corrected chi connectivity index (χ2v) is 8.09. The smallest absolute Gasteiger partial charge is 0.220 e. The molecule has 0 aliphatic heterocycles. The first-order chi connectivity index (χ1) is 14.0. The number of aromatic nitrogens is 3. The van der Waals surface area contributed by atoms with Crippen LogP contribution in [-0.4, -0.2) is 20.0 Å². The number of hydrogen-bond acceptors (Lipinski definition) is 2. The van der Waals surface area contributed by atoms with Gasteiger partial charge in [-0.05, 0) is 36.1 Å². The van der Waals surface area contributed by atoms with Crippen LogP contribution >= 0.6 is 0 Å². The third kappa shape index (κ3) is 3.65. The van der Waals surface area contributed by atoms with Crippen LogP contribution in [0.4, 0.5) is 0 Å². The summed E-state index contributed by atoms with van der Waals surface area (Å²) in [4.78, 5) is 17.6. The van der Waals surface area contributed by atoms with Gasteiger partial charge in [0.1, 0.15) is 5.82 Å². The lowest BCUT2D eigenvalue weighted by Crippen LogP contribution is -2.33. The van der Waals surface area contributed by atoms with E-state index in [1.54, 1.807) is 0 Å². The maximum Gasteiger partial charge on any atom is 0.220 e. The van der Waals surface area contributed by atoms with E-state index in [0.29, 0.717) is 6.42 Å². The number of fused-ring (bicyclic) bond motifs is 2. The van der Waals surface area contributed by atoms with Crippen LogP contribution in [-0.2, 0) is 25.3 Å². The Bertz CT molecular complexity index is 1170. The van der Waals surface area contributed by atoms with Gasteiger partial charge in [0.15, 0.2) is 0 Å². The summed E-state index contributed by atoms with van der Waals surface area (Å²) in [7, 11) is 4.06. The first kappa shape index (κ1) is 19.2. The lowest BCUT2D eigenvalue weighted by Gasteiger charge is -2.22. The zero-order valence-electron chi connectivity index (χ0n) is 17.5. The lowest BCUT2D eigenvalue weighted by atomic mass is 10.0. The maximum atomic E-state index is 12.8. The lowest BCUT2D eigenvalue weighted by molar-refractivity contribution is -0.122. The minimum atomic E-state index is -0.118. The van der Waals surface area contributed by atoms with Gasteiger partial charge in [-0.1, -0.05) is 44.2 Å². The van der Waals surface area contributed by atoms with Crippen molar-refractivity contribution in [1.82, 2.24) is 19.4 Å². The predicted molar refractivity (Wildman–Crippen MR) is 118 cm³/mol. The molecule has 2 aromatic heterocycles. The molecule has 1 amide bonds.